The van der Waals surface area contributed by atoms with Crippen LogP contribution in [0.15, 0.2) is 374 Å². The molecule has 0 amide bonds. The molecule has 0 unspecified atom stereocenters. The van der Waals surface area contributed by atoms with E-state index in [1.807, 2.05) is 12.1 Å². The molecule has 562 valence electrons. The molecule has 0 saturated heterocycles. The summed E-state index contributed by atoms with van der Waals surface area (Å²) in [6.45, 7) is 9.56. The van der Waals surface area contributed by atoms with Crippen molar-refractivity contribution < 1.29 is 4.42 Å². The summed E-state index contributed by atoms with van der Waals surface area (Å²) in [5.41, 5.74) is 34.6. The van der Waals surface area contributed by atoms with Gasteiger partial charge in [0, 0.05) is 104 Å². The molecule has 0 radical (unpaired) electrons. The van der Waals surface area contributed by atoms with Crippen LogP contribution in [0, 0.1) is 0 Å². The number of fused-ring (bicyclic) bond motifs is 24. The van der Waals surface area contributed by atoms with Gasteiger partial charge in [0.2, 0.25) is 5.95 Å². The van der Waals surface area contributed by atoms with E-state index in [1.54, 1.807) is 0 Å². The fourth-order valence-corrected chi connectivity index (χ4v) is 21.2. The van der Waals surface area contributed by atoms with Crippen molar-refractivity contribution in [1.29, 1.82) is 0 Å². The number of benzene rings is 17. The minimum Gasteiger partial charge on any atom is -0.456 e. The van der Waals surface area contributed by atoms with E-state index in [9.17, 15) is 0 Å². The van der Waals surface area contributed by atoms with E-state index in [-0.39, 0.29) is 5.41 Å². The van der Waals surface area contributed by atoms with Gasteiger partial charge in [-0.3, -0.25) is 9.13 Å². The van der Waals surface area contributed by atoms with Crippen molar-refractivity contribution in [3.05, 3.63) is 392 Å². The van der Waals surface area contributed by atoms with Crippen molar-refractivity contribution >= 4 is 131 Å². The Morgan fingerprint density at radius 3 is 1.18 bits per heavy atom. The van der Waals surface area contributed by atoms with Crippen molar-refractivity contribution in [3.63, 3.8) is 0 Å². The lowest BCUT2D eigenvalue weighted by Gasteiger charge is -2.23. The SMILES string of the molecule is CC1(C)c2cc(-c3cc(-n4c5ccccc5c5cc(-c6ccc7oc8ccccc8c7c6)ccc54)nc(-n4c5ccccc5c5cc6c(cc54)C(C)(C)c4ccccc4-6)n3)ccc2-c2ccc(-n3c4cc(-c5ccc6c(c5)c5ccccc5n6-c5ccccc5)ccc4c4ccc(-c5ccc6c(c5)c5ccccc5n6-c5ccccc5)cc43)cc21. The Morgan fingerprint density at radius 2 is 0.592 bits per heavy atom. The number of hydrogen-bond donors (Lipinski definition) is 0. The largest absolute Gasteiger partial charge is 0.456 e. The van der Waals surface area contributed by atoms with Gasteiger partial charge in [-0.25, -0.2) is 4.98 Å². The molecular formula is C112H73N7O. The Hall–Kier alpha value is -15.4. The van der Waals surface area contributed by atoms with Crippen LogP contribution in [0.5, 0.6) is 0 Å². The van der Waals surface area contributed by atoms with Gasteiger partial charge >= 0.3 is 0 Å². The lowest BCUT2D eigenvalue weighted by atomic mass is 9.81. The summed E-state index contributed by atoms with van der Waals surface area (Å²) in [7, 11) is 0. The molecule has 0 saturated carbocycles. The van der Waals surface area contributed by atoms with Crippen molar-refractivity contribution in [2.75, 3.05) is 0 Å². The molecule has 0 aliphatic heterocycles. The van der Waals surface area contributed by atoms with Gasteiger partial charge in [0.05, 0.1) is 60.9 Å². The fraction of sp³-hybridized carbons (Fsp3) is 0.0536. The first-order chi connectivity index (χ1) is 59.0. The number of aromatic nitrogens is 7. The van der Waals surface area contributed by atoms with E-state index < -0.39 is 5.41 Å². The van der Waals surface area contributed by atoms with Gasteiger partial charge in [-0.05, 0) is 223 Å². The summed E-state index contributed by atoms with van der Waals surface area (Å²) < 4.78 is 18.4. The van der Waals surface area contributed by atoms with Gasteiger partial charge in [0.25, 0.3) is 0 Å². The van der Waals surface area contributed by atoms with E-state index in [1.165, 1.54) is 104 Å². The van der Waals surface area contributed by atoms with Crippen LogP contribution in [0.4, 0.5) is 0 Å². The molecule has 0 atom stereocenters. The average molecular weight is 1530 g/mol. The van der Waals surface area contributed by atoms with Crippen molar-refractivity contribution in [1.82, 2.24) is 32.8 Å². The van der Waals surface area contributed by atoms with Gasteiger partial charge in [-0.15, -0.1) is 0 Å². The normalized spacial score (nSPS) is 13.5. The van der Waals surface area contributed by atoms with Crippen LogP contribution in [0.3, 0.4) is 0 Å². The molecule has 0 bridgehead atoms. The highest BCUT2D eigenvalue weighted by atomic mass is 16.3. The number of para-hydroxylation sites is 7. The van der Waals surface area contributed by atoms with Crippen LogP contribution in [-0.4, -0.2) is 32.8 Å². The van der Waals surface area contributed by atoms with Gasteiger partial charge in [0.1, 0.15) is 17.0 Å². The summed E-state index contributed by atoms with van der Waals surface area (Å²) in [6.07, 6.45) is 0. The third-order valence-corrected chi connectivity index (χ3v) is 26.9. The third-order valence-electron chi connectivity index (χ3n) is 26.9. The van der Waals surface area contributed by atoms with E-state index in [4.69, 9.17) is 14.4 Å². The Kier molecular flexibility index (Phi) is 13.7. The predicted molar refractivity (Wildman–Crippen MR) is 498 cm³/mol. The molecule has 0 fully saturated rings. The molecule has 2 aliphatic carbocycles. The van der Waals surface area contributed by atoms with E-state index >= 15 is 0 Å². The minimum absolute atomic E-state index is 0.241. The van der Waals surface area contributed by atoms with Crippen LogP contribution in [0.1, 0.15) is 49.9 Å². The lowest BCUT2D eigenvalue weighted by Crippen LogP contribution is -2.15. The second-order valence-corrected chi connectivity index (χ2v) is 34.0. The second-order valence-electron chi connectivity index (χ2n) is 34.0. The lowest BCUT2D eigenvalue weighted by molar-refractivity contribution is 0.660. The van der Waals surface area contributed by atoms with Gasteiger partial charge in [-0.1, -0.05) is 246 Å². The molecule has 8 heteroatoms. The molecule has 7 aromatic heterocycles. The summed E-state index contributed by atoms with van der Waals surface area (Å²) in [4.78, 5) is 11.8. The van der Waals surface area contributed by atoms with Crippen LogP contribution in [0.25, 0.3) is 227 Å². The highest BCUT2D eigenvalue weighted by Gasteiger charge is 2.39. The topological polar surface area (TPSA) is 63.6 Å². The molecule has 17 aromatic carbocycles. The first-order valence-corrected chi connectivity index (χ1v) is 41.6. The van der Waals surface area contributed by atoms with Crippen LogP contribution in [0.2, 0.25) is 0 Å². The number of rotatable bonds is 9. The smallest absolute Gasteiger partial charge is 0.237 e. The highest BCUT2D eigenvalue weighted by molar-refractivity contribution is 6.17. The summed E-state index contributed by atoms with van der Waals surface area (Å²) >= 11 is 0. The van der Waals surface area contributed by atoms with Crippen molar-refractivity contribution in [2.45, 2.75) is 38.5 Å². The molecule has 0 N–H and O–H groups in total. The summed E-state index contributed by atoms with van der Waals surface area (Å²) in [5, 5.41) is 14.1. The number of furan rings is 1. The molecule has 120 heavy (non-hydrogen) atoms. The first kappa shape index (κ1) is 66.9. The number of nitrogens with zero attached hydrogens (tertiary/aromatic N) is 7. The van der Waals surface area contributed by atoms with Crippen LogP contribution in [-0.2, 0) is 10.8 Å². The average Bonchev–Trinajstić information content (AvgIpc) is 1.63. The second kappa shape index (κ2) is 24.6. The molecular weight excluding hydrogens is 1460 g/mol. The molecule has 7 heterocycles. The standard InChI is InChI=1S/C112H73N7O/c1-111(2)92-33-17-11-27-76(92)86-63-90-82-31-15-21-37-100(82)119(106(90)64-95(86)111)110-113-96(65-109(114-110)118-99-36-20-14-30-81(99)89-55-66(44-53-103(89)118)69-45-54-108-91(58-69)85-32-16-22-38-107(85)120-108)72-41-47-77-78-50-46-75(62-94(78)112(3,4)93(77)59-72)117-104-60-70(67-42-51-101-87(56-67)79-28-12-18-34-97(79)115(101)73-23-7-5-8-24-73)39-48-83(104)84-49-40-71(61-105(84)117)68-43-52-102-88(57-68)80-29-13-19-35-98(80)116(102)74-25-9-6-10-26-74/h5-65H,1-4H3. The van der Waals surface area contributed by atoms with Crippen molar-refractivity contribution in [3.8, 4) is 95.7 Å². The van der Waals surface area contributed by atoms with Crippen LogP contribution < -0.4 is 0 Å². The highest BCUT2D eigenvalue weighted by Crippen LogP contribution is 2.54. The molecule has 0 spiro atoms. The summed E-state index contributed by atoms with van der Waals surface area (Å²) in [6, 6.07) is 137. The Bertz CT molecular complexity index is 8390. The Balaban J connectivity index is 0.647. The zero-order valence-electron chi connectivity index (χ0n) is 66.3. The monoisotopic (exact) mass is 1530 g/mol. The molecule has 2 aliphatic rings. The zero-order valence-corrected chi connectivity index (χ0v) is 66.3. The number of hydrogen-bond acceptors (Lipinski definition) is 3. The van der Waals surface area contributed by atoms with E-state index in [2.05, 4.69) is 408 Å². The molecule has 26 rings (SSSR count). The minimum atomic E-state index is -0.454. The van der Waals surface area contributed by atoms with Crippen LogP contribution >= 0.6 is 0 Å². The summed E-state index contributed by atoms with van der Waals surface area (Å²) in [5.74, 6) is 1.38. The molecule has 8 nitrogen and oxygen atoms in total. The zero-order chi connectivity index (χ0) is 79.1. The third kappa shape index (κ3) is 9.46. The first-order valence-electron chi connectivity index (χ1n) is 41.6. The quantitative estimate of drug-likeness (QED) is 0.145. The molecule has 24 aromatic rings. The van der Waals surface area contributed by atoms with E-state index in [0.29, 0.717) is 5.95 Å². The van der Waals surface area contributed by atoms with Gasteiger partial charge in [-0.2, -0.15) is 4.98 Å². The maximum Gasteiger partial charge on any atom is 0.237 e. The van der Waals surface area contributed by atoms with Gasteiger partial charge in [0.15, 0.2) is 0 Å². The van der Waals surface area contributed by atoms with Gasteiger partial charge < -0.3 is 18.1 Å². The maximum absolute atomic E-state index is 6.33. The Labute approximate surface area is 690 Å². The fourth-order valence-electron chi connectivity index (χ4n) is 21.2. The van der Waals surface area contributed by atoms with E-state index in [0.717, 1.165) is 139 Å². The maximum atomic E-state index is 6.33. The predicted octanol–water partition coefficient (Wildman–Crippen LogP) is 29.1. The van der Waals surface area contributed by atoms with Crippen molar-refractivity contribution in [2.24, 2.45) is 0 Å². The Morgan fingerprint density at radius 1 is 0.208 bits per heavy atom.